The van der Waals surface area contributed by atoms with Crippen LogP contribution in [-0.4, -0.2) is 50.2 Å². The van der Waals surface area contributed by atoms with Crippen LogP contribution in [0, 0.1) is 5.41 Å². The minimum absolute atomic E-state index is 0.153. The van der Waals surface area contributed by atoms with Gasteiger partial charge in [0, 0.05) is 20.2 Å². The number of nitrogens with zero attached hydrogens (tertiary/aromatic N) is 1. The van der Waals surface area contributed by atoms with E-state index in [0.29, 0.717) is 6.61 Å². The molecule has 1 saturated heterocycles. The molecule has 2 unspecified atom stereocenters. The third-order valence-corrected chi connectivity index (χ3v) is 3.43. The maximum Gasteiger partial charge on any atom is 0.230 e. The number of methoxy groups -OCH3 is 1. The molecule has 1 aliphatic heterocycles. The molecule has 4 nitrogen and oxygen atoms in total. The molecule has 1 rings (SSSR count). The number of amides is 1. The molecule has 0 bridgehead atoms. The number of hydrogen-bond acceptors (Lipinski definition) is 3. The van der Waals surface area contributed by atoms with Gasteiger partial charge in [-0.25, -0.2) is 0 Å². The summed E-state index contributed by atoms with van der Waals surface area (Å²) in [5.74, 6) is 0.254. The third kappa shape index (κ3) is 2.74. The van der Waals surface area contributed by atoms with Crippen LogP contribution in [0.1, 0.15) is 27.2 Å². The Morgan fingerprint density at radius 2 is 2.31 bits per heavy atom. The molecule has 1 heterocycles. The lowest BCUT2D eigenvalue weighted by Gasteiger charge is -2.34. The Morgan fingerprint density at radius 3 is 2.75 bits per heavy atom. The maximum atomic E-state index is 12.4. The minimum atomic E-state index is -0.224. The van der Waals surface area contributed by atoms with E-state index >= 15 is 0 Å². The number of carbonyl (C=O) groups excluding carboxylic acids is 1. The van der Waals surface area contributed by atoms with Crippen LogP contribution in [0.5, 0.6) is 0 Å². The summed E-state index contributed by atoms with van der Waals surface area (Å²) in [6, 6.07) is 0.153. The van der Waals surface area contributed by atoms with Crippen molar-refractivity contribution in [3.63, 3.8) is 0 Å². The molecule has 0 aromatic carbocycles. The van der Waals surface area contributed by atoms with E-state index in [4.69, 9.17) is 4.74 Å². The van der Waals surface area contributed by atoms with Crippen LogP contribution < -0.4 is 5.32 Å². The quantitative estimate of drug-likeness (QED) is 0.759. The van der Waals surface area contributed by atoms with Gasteiger partial charge in [-0.3, -0.25) is 4.79 Å². The molecule has 0 aromatic heterocycles. The summed E-state index contributed by atoms with van der Waals surface area (Å²) >= 11 is 0. The highest BCUT2D eigenvalue weighted by Crippen LogP contribution is 2.27. The van der Waals surface area contributed by atoms with Crippen molar-refractivity contribution in [2.75, 3.05) is 33.4 Å². The maximum absolute atomic E-state index is 12.4. The molecule has 4 heteroatoms. The molecular formula is C12H24N2O2. The Kier molecular flexibility index (Phi) is 4.74. The number of likely N-dealkylation sites (N-methyl/N-ethyl adjacent to an activating group) is 1. The second-order valence-electron chi connectivity index (χ2n) is 4.88. The molecule has 0 saturated carbocycles. The summed E-state index contributed by atoms with van der Waals surface area (Å²) in [6.45, 7) is 9.20. The summed E-state index contributed by atoms with van der Waals surface area (Å²) in [5.41, 5.74) is -0.224. The number of ether oxygens (including phenoxy) is 1. The number of carbonyl (C=O) groups is 1. The monoisotopic (exact) mass is 228 g/mol. The normalized spacial score (nSPS) is 26.8. The average Bonchev–Trinajstić information content (AvgIpc) is 2.68. The fourth-order valence-electron chi connectivity index (χ4n) is 2.33. The van der Waals surface area contributed by atoms with Crippen molar-refractivity contribution in [1.29, 1.82) is 0 Å². The van der Waals surface area contributed by atoms with Crippen molar-refractivity contribution >= 4 is 5.91 Å². The largest absolute Gasteiger partial charge is 0.383 e. The highest BCUT2D eigenvalue weighted by Gasteiger charge is 2.39. The molecule has 0 spiro atoms. The Balaban J connectivity index is 2.68. The minimum Gasteiger partial charge on any atom is -0.383 e. The topological polar surface area (TPSA) is 41.6 Å². The van der Waals surface area contributed by atoms with E-state index in [1.54, 1.807) is 7.11 Å². The van der Waals surface area contributed by atoms with Gasteiger partial charge >= 0.3 is 0 Å². The van der Waals surface area contributed by atoms with Gasteiger partial charge in [0.15, 0.2) is 0 Å². The molecule has 16 heavy (non-hydrogen) atoms. The summed E-state index contributed by atoms with van der Waals surface area (Å²) in [5, 5.41) is 3.26. The lowest BCUT2D eigenvalue weighted by molar-refractivity contribution is -0.143. The van der Waals surface area contributed by atoms with Crippen molar-refractivity contribution in [3.05, 3.63) is 0 Å². The van der Waals surface area contributed by atoms with E-state index in [1.165, 1.54) is 0 Å². The Bertz CT molecular complexity index is 237. The zero-order chi connectivity index (χ0) is 12.2. The van der Waals surface area contributed by atoms with Gasteiger partial charge in [-0.15, -0.1) is 0 Å². The molecule has 94 valence electrons. The lowest BCUT2D eigenvalue weighted by Crippen LogP contribution is -2.48. The van der Waals surface area contributed by atoms with Crippen LogP contribution in [0.4, 0.5) is 0 Å². The van der Waals surface area contributed by atoms with Crippen molar-refractivity contribution in [1.82, 2.24) is 10.2 Å². The van der Waals surface area contributed by atoms with Crippen LogP contribution in [0.2, 0.25) is 0 Å². The van der Waals surface area contributed by atoms with E-state index in [1.807, 2.05) is 18.7 Å². The Labute approximate surface area is 98.3 Å². The SMILES string of the molecule is CCN(C(=O)C1(C)CCNC1)C(C)COC. The molecule has 2 atom stereocenters. The number of rotatable bonds is 5. The van der Waals surface area contributed by atoms with Crippen LogP contribution >= 0.6 is 0 Å². The predicted molar refractivity (Wildman–Crippen MR) is 64.3 cm³/mol. The van der Waals surface area contributed by atoms with Crippen molar-refractivity contribution < 1.29 is 9.53 Å². The molecule has 0 radical (unpaired) electrons. The van der Waals surface area contributed by atoms with E-state index in [-0.39, 0.29) is 17.4 Å². The second-order valence-corrected chi connectivity index (χ2v) is 4.88. The predicted octanol–water partition coefficient (Wildman–Crippen LogP) is 0.869. The van der Waals surface area contributed by atoms with Gasteiger partial charge in [0.25, 0.3) is 0 Å². The highest BCUT2D eigenvalue weighted by molar-refractivity contribution is 5.83. The molecule has 0 aliphatic carbocycles. The highest BCUT2D eigenvalue weighted by atomic mass is 16.5. The van der Waals surface area contributed by atoms with Gasteiger partial charge in [0.1, 0.15) is 0 Å². The van der Waals surface area contributed by atoms with Crippen molar-refractivity contribution in [2.45, 2.75) is 33.2 Å². The van der Waals surface area contributed by atoms with E-state index in [2.05, 4.69) is 12.2 Å². The Hall–Kier alpha value is -0.610. The van der Waals surface area contributed by atoms with Gasteiger partial charge in [-0.2, -0.15) is 0 Å². The van der Waals surface area contributed by atoms with Gasteiger partial charge < -0.3 is 15.0 Å². The first-order valence-corrected chi connectivity index (χ1v) is 6.06. The van der Waals surface area contributed by atoms with Crippen LogP contribution in [-0.2, 0) is 9.53 Å². The third-order valence-electron chi connectivity index (χ3n) is 3.43. The fourth-order valence-corrected chi connectivity index (χ4v) is 2.33. The van der Waals surface area contributed by atoms with E-state index in [0.717, 1.165) is 26.1 Å². The molecule has 0 aromatic rings. The number of nitrogens with one attached hydrogen (secondary N) is 1. The van der Waals surface area contributed by atoms with Gasteiger partial charge in [0.2, 0.25) is 5.91 Å². The van der Waals surface area contributed by atoms with Gasteiger partial charge in [-0.05, 0) is 33.7 Å². The standard InChI is InChI=1S/C12H24N2O2/c1-5-14(10(2)8-16-4)11(15)12(3)6-7-13-9-12/h10,13H,5-9H2,1-4H3. The molecule has 1 fully saturated rings. The molecule has 1 N–H and O–H groups in total. The van der Waals surface area contributed by atoms with E-state index < -0.39 is 0 Å². The molecule has 1 amide bonds. The fraction of sp³-hybridized carbons (Fsp3) is 0.917. The second kappa shape index (κ2) is 5.64. The van der Waals surface area contributed by atoms with Crippen LogP contribution in [0.3, 0.4) is 0 Å². The summed E-state index contributed by atoms with van der Waals surface area (Å²) in [7, 11) is 1.67. The zero-order valence-corrected chi connectivity index (χ0v) is 10.9. The van der Waals surface area contributed by atoms with Crippen LogP contribution in [0.15, 0.2) is 0 Å². The zero-order valence-electron chi connectivity index (χ0n) is 10.9. The average molecular weight is 228 g/mol. The van der Waals surface area contributed by atoms with Crippen molar-refractivity contribution in [3.8, 4) is 0 Å². The first kappa shape index (κ1) is 13.5. The molecular weight excluding hydrogens is 204 g/mol. The first-order chi connectivity index (χ1) is 7.55. The summed E-state index contributed by atoms with van der Waals surface area (Å²) < 4.78 is 5.12. The van der Waals surface area contributed by atoms with Gasteiger partial charge in [-0.1, -0.05) is 0 Å². The van der Waals surface area contributed by atoms with Crippen LogP contribution in [0.25, 0.3) is 0 Å². The van der Waals surface area contributed by atoms with Crippen molar-refractivity contribution in [2.24, 2.45) is 5.41 Å². The first-order valence-electron chi connectivity index (χ1n) is 6.06. The smallest absolute Gasteiger partial charge is 0.230 e. The van der Waals surface area contributed by atoms with E-state index in [9.17, 15) is 4.79 Å². The number of hydrogen-bond donors (Lipinski definition) is 1. The molecule has 1 aliphatic rings. The Morgan fingerprint density at radius 1 is 1.62 bits per heavy atom. The summed E-state index contributed by atoms with van der Waals surface area (Å²) in [4.78, 5) is 14.4. The lowest BCUT2D eigenvalue weighted by atomic mass is 9.87. The van der Waals surface area contributed by atoms with Gasteiger partial charge in [0.05, 0.1) is 18.1 Å². The summed E-state index contributed by atoms with van der Waals surface area (Å²) in [6.07, 6.45) is 0.933.